The summed E-state index contributed by atoms with van der Waals surface area (Å²) >= 11 is 1.40. The number of thioether (sulfide) groups is 1. The lowest BCUT2D eigenvalue weighted by molar-refractivity contribution is -0.140. The number of likely N-dealkylation sites (tertiary alicyclic amines) is 1. The van der Waals surface area contributed by atoms with Gasteiger partial charge in [0.25, 0.3) is 0 Å². The lowest BCUT2D eigenvalue weighted by Crippen LogP contribution is -2.33. The molecule has 0 saturated carbocycles. The van der Waals surface area contributed by atoms with Crippen LogP contribution in [0.5, 0.6) is 0 Å². The van der Waals surface area contributed by atoms with Gasteiger partial charge in [0.2, 0.25) is 11.8 Å². The first-order valence-corrected chi connectivity index (χ1v) is 8.38. The van der Waals surface area contributed by atoms with E-state index in [9.17, 15) is 9.59 Å². The van der Waals surface area contributed by atoms with Gasteiger partial charge in [-0.3, -0.25) is 14.5 Å². The fraction of sp³-hybridized carbons (Fsp3) is 0.353. The van der Waals surface area contributed by atoms with Crippen molar-refractivity contribution in [3.05, 3.63) is 35.4 Å². The minimum absolute atomic E-state index is 0.0518. The summed E-state index contributed by atoms with van der Waals surface area (Å²) in [6.45, 7) is 4.65. The maximum Gasteiger partial charge on any atom is 0.239 e. The van der Waals surface area contributed by atoms with Gasteiger partial charge in [-0.2, -0.15) is 0 Å². The highest BCUT2D eigenvalue weighted by atomic mass is 32.2. The molecule has 4 nitrogen and oxygen atoms in total. The Balaban J connectivity index is 1.78. The van der Waals surface area contributed by atoms with Gasteiger partial charge in [-0.1, -0.05) is 30.0 Å². The molecule has 1 aromatic heterocycles. The zero-order valence-electron chi connectivity index (χ0n) is 12.8. The van der Waals surface area contributed by atoms with Crippen LogP contribution in [0.4, 0.5) is 0 Å². The third kappa shape index (κ3) is 2.86. The van der Waals surface area contributed by atoms with Gasteiger partial charge in [-0.05, 0) is 37.5 Å². The number of pyridine rings is 1. The van der Waals surface area contributed by atoms with Crippen molar-refractivity contribution in [3.63, 3.8) is 0 Å². The van der Waals surface area contributed by atoms with Crippen LogP contribution in [-0.2, 0) is 9.59 Å². The van der Waals surface area contributed by atoms with E-state index in [1.807, 2.05) is 25.1 Å². The van der Waals surface area contributed by atoms with Crippen LogP contribution in [0.3, 0.4) is 0 Å². The van der Waals surface area contributed by atoms with E-state index in [4.69, 9.17) is 0 Å². The first-order chi connectivity index (χ1) is 10.6. The number of nitrogens with zero attached hydrogens (tertiary/aromatic N) is 2. The number of carbonyl (C=O) groups is 2. The van der Waals surface area contributed by atoms with Crippen molar-refractivity contribution in [2.75, 3.05) is 12.3 Å². The summed E-state index contributed by atoms with van der Waals surface area (Å²) in [5.41, 5.74) is 3.26. The Morgan fingerprint density at radius 1 is 1.32 bits per heavy atom. The van der Waals surface area contributed by atoms with Crippen LogP contribution in [0.1, 0.15) is 24.0 Å². The van der Waals surface area contributed by atoms with Crippen molar-refractivity contribution >= 4 is 34.5 Å². The fourth-order valence-corrected chi connectivity index (χ4v) is 3.57. The molecule has 0 radical (unpaired) electrons. The molecule has 22 heavy (non-hydrogen) atoms. The van der Waals surface area contributed by atoms with Gasteiger partial charge in [0.1, 0.15) is 0 Å². The molecule has 114 valence electrons. The molecule has 1 aromatic carbocycles. The molecular weight excluding hydrogens is 296 g/mol. The van der Waals surface area contributed by atoms with Gasteiger partial charge in [-0.25, -0.2) is 4.98 Å². The van der Waals surface area contributed by atoms with Gasteiger partial charge >= 0.3 is 0 Å². The van der Waals surface area contributed by atoms with Crippen LogP contribution in [-0.4, -0.2) is 34.0 Å². The van der Waals surface area contributed by atoms with Crippen LogP contribution in [0.25, 0.3) is 10.9 Å². The van der Waals surface area contributed by atoms with Crippen molar-refractivity contribution in [1.29, 1.82) is 0 Å². The number of hydrogen-bond donors (Lipinski definition) is 0. The molecular formula is C17H18N2O2S. The Morgan fingerprint density at radius 2 is 2.14 bits per heavy atom. The number of para-hydroxylation sites is 1. The Labute approximate surface area is 133 Å². The summed E-state index contributed by atoms with van der Waals surface area (Å²) in [7, 11) is 0. The van der Waals surface area contributed by atoms with Crippen molar-refractivity contribution in [2.45, 2.75) is 31.7 Å². The molecule has 3 rings (SSSR count). The first-order valence-electron chi connectivity index (χ1n) is 7.39. The molecule has 2 heterocycles. The van der Waals surface area contributed by atoms with E-state index in [0.717, 1.165) is 33.5 Å². The van der Waals surface area contributed by atoms with Crippen LogP contribution in [0.15, 0.2) is 29.3 Å². The van der Waals surface area contributed by atoms with Gasteiger partial charge < -0.3 is 0 Å². The molecule has 1 saturated heterocycles. The Kier molecular flexibility index (Phi) is 4.16. The van der Waals surface area contributed by atoms with E-state index < -0.39 is 0 Å². The third-order valence-electron chi connectivity index (χ3n) is 3.94. The highest BCUT2D eigenvalue weighted by Crippen LogP contribution is 2.26. The number of fused-ring (bicyclic) bond motifs is 1. The van der Waals surface area contributed by atoms with E-state index in [0.29, 0.717) is 13.0 Å². The van der Waals surface area contributed by atoms with Gasteiger partial charge in [0.15, 0.2) is 0 Å². The minimum atomic E-state index is -0.114. The maximum atomic E-state index is 12.1. The quantitative estimate of drug-likeness (QED) is 0.817. The molecule has 2 aromatic rings. The van der Waals surface area contributed by atoms with E-state index in [-0.39, 0.29) is 17.6 Å². The number of aromatic nitrogens is 1. The van der Waals surface area contributed by atoms with Crippen molar-refractivity contribution in [1.82, 2.24) is 9.88 Å². The normalized spacial score (nSPS) is 14.8. The average molecular weight is 314 g/mol. The summed E-state index contributed by atoms with van der Waals surface area (Å²) in [5.74, 6) is 0.0937. The average Bonchev–Trinajstić information content (AvgIpc) is 2.92. The van der Waals surface area contributed by atoms with Gasteiger partial charge in [0.05, 0.1) is 16.3 Å². The summed E-state index contributed by atoms with van der Waals surface area (Å²) in [5, 5.41) is 1.98. The second-order valence-corrected chi connectivity index (χ2v) is 6.58. The molecule has 0 N–H and O–H groups in total. The van der Waals surface area contributed by atoms with Gasteiger partial charge in [-0.15, -0.1) is 0 Å². The SMILES string of the molecule is Cc1cc(SCC(=O)N2CCCC2=O)nc2c(C)cccc12. The number of rotatable bonds is 3. The highest BCUT2D eigenvalue weighted by molar-refractivity contribution is 7.99. The summed E-state index contributed by atoms with van der Waals surface area (Å²) in [4.78, 5) is 29.7. The molecule has 1 aliphatic rings. The predicted octanol–water partition coefficient (Wildman–Crippen LogP) is 3.09. The number of benzene rings is 1. The highest BCUT2D eigenvalue weighted by Gasteiger charge is 2.26. The summed E-state index contributed by atoms with van der Waals surface area (Å²) in [6, 6.07) is 8.14. The summed E-state index contributed by atoms with van der Waals surface area (Å²) in [6.07, 6.45) is 1.27. The molecule has 1 fully saturated rings. The molecule has 0 spiro atoms. The standard InChI is InChI=1S/C17H18N2O2S/c1-11-5-3-6-13-12(2)9-14(18-17(11)13)22-10-16(21)19-8-4-7-15(19)20/h3,5-6,9H,4,7-8,10H2,1-2H3. The monoisotopic (exact) mass is 314 g/mol. The van der Waals surface area contributed by atoms with Crippen LogP contribution in [0.2, 0.25) is 0 Å². The Morgan fingerprint density at radius 3 is 2.86 bits per heavy atom. The lowest BCUT2D eigenvalue weighted by atomic mass is 10.1. The number of aryl methyl sites for hydroxylation is 2. The van der Waals surface area contributed by atoms with Crippen LogP contribution in [0, 0.1) is 13.8 Å². The van der Waals surface area contributed by atoms with E-state index >= 15 is 0 Å². The molecule has 5 heteroatoms. The molecule has 0 unspecified atom stereocenters. The second kappa shape index (κ2) is 6.08. The molecule has 1 aliphatic heterocycles. The topological polar surface area (TPSA) is 50.3 Å². The Bertz CT molecular complexity index is 758. The fourth-order valence-electron chi connectivity index (χ4n) is 2.73. The third-order valence-corrected chi connectivity index (χ3v) is 4.84. The number of hydrogen-bond acceptors (Lipinski definition) is 4. The molecule has 0 bridgehead atoms. The maximum absolute atomic E-state index is 12.1. The second-order valence-electron chi connectivity index (χ2n) is 5.58. The summed E-state index contributed by atoms with van der Waals surface area (Å²) < 4.78 is 0. The van der Waals surface area contributed by atoms with Crippen molar-refractivity contribution in [3.8, 4) is 0 Å². The number of carbonyl (C=O) groups excluding carboxylic acids is 2. The smallest absolute Gasteiger partial charge is 0.239 e. The predicted molar refractivity (Wildman–Crippen MR) is 87.9 cm³/mol. The van der Waals surface area contributed by atoms with Gasteiger partial charge in [0, 0.05) is 18.4 Å². The van der Waals surface area contributed by atoms with E-state index in [1.165, 1.54) is 16.7 Å². The number of amides is 2. The van der Waals surface area contributed by atoms with Crippen LogP contribution < -0.4 is 0 Å². The first kappa shape index (κ1) is 15.0. The molecule has 2 amide bonds. The zero-order chi connectivity index (χ0) is 15.7. The largest absolute Gasteiger partial charge is 0.282 e. The molecule has 0 atom stereocenters. The van der Waals surface area contributed by atoms with Crippen molar-refractivity contribution in [2.24, 2.45) is 0 Å². The lowest BCUT2D eigenvalue weighted by Gasteiger charge is -2.13. The number of imide groups is 1. The van der Waals surface area contributed by atoms with Crippen LogP contribution >= 0.6 is 11.8 Å². The van der Waals surface area contributed by atoms with E-state index in [2.05, 4.69) is 18.0 Å². The minimum Gasteiger partial charge on any atom is -0.282 e. The van der Waals surface area contributed by atoms with Crippen molar-refractivity contribution < 1.29 is 9.59 Å². The Hall–Kier alpha value is -1.88. The molecule has 0 aliphatic carbocycles. The zero-order valence-corrected chi connectivity index (χ0v) is 13.6. The van der Waals surface area contributed by atoms with E-state index in [1.54, 1.807) is 0 Å².